The minimum Gasteiger partial charge on any atom is -0.360 e. The van der Waals surface area contributed by atoms with Gasteiger partial charge in [0.15, 0.2) is 0 Å². The van der Waals surface area contributed by atoms with Crippen molar-refractivity contribution in [2.45, 2.75) is 19.0 Å². The van der Waals surface area contributed by atoms with E-state index in [0.29, 0.717) is 0 Å². The number of hydrazone groups is 1. The Labute approximate surface area is 179 Å². The molecule has 3 aromatic carbocycles. The number of aromatic nitrogens is 1. The fraction of sp³-hybridized carbons (Fsp3) is 0.120. The zero-order chi connectivity index (χ0) is 21.2. The van der Waals surface area contributed by atoms with Gasteiger partial charge in [-0.25, -0.2) is 5.01 Å². The SMILES string of the molecule is CC(=O)N1N=C(c2c[nH]c3ccccc23)C(N=Nc2ccccc2)C1c1ccccc1. The number of fused-ring (bicyclic) bond motifs is 1. The molecule has 0 saturated heterocycles. The van der Waals surface area contributed by atoms with Crippen LogP contribution in [0.5, 0.6) is 0 Å². The van der Waals surface area contributed by atoms with Gasteiger partial charge in [0.2, 0.25) is 5.91 Å². The molecule has 4 aromatic rings. The largest absolute Gasteiger partial charge is 0.360 e. The molecule has 1 aliphatic heterocycles. The minimum atomic E-state index is -0.439. The summed E-state index contributed by atoms with van der Waals surface area (Å²) in [6.45, 7) is 1.53. The summed E-state index contributed by atoms with van der Waals surface area (Å²) in [7, 11) is 0. The molecule has 2 atom stereocenters. The van der Waals surface area contributed by atoms with Crippen molar-refractivity contribution in [1.82, 2.24) is 9.99 Å². The average Bonchev–Trinajstić information content (AvgIpc) is 3.40. The van der Waals surface area contributed by atoms with Gasteiger partial charge in [0.25, 0.3) is 0 Å². The summed E-state index contributed by atoms with van der Waals surface area (Å²) in [6.07, 6.45) is 1.93. The zero-order valence-corrected chi connectivity index (χ0v) is 17.0. The summed E-state index contributed by atoms with van der Waals surface area (Å²) in [6, 6.07) is 26.7. The van der Waals surface area contributed by atoms with E-state index in [4.69, 9.17) is 10.2 Å². The third-order valence-electron chi connectivity index (χ3n) is 5.44. The van der Waals surface area contributed by atoms with E-state index in [-0.39, 0.29) is 11.9 Å². The topological polar surface area (TPSA) is 73.2 Å². The van der Waals surface area contributed by atoms with Crippen LogP contribution in [0.4, 0.5) is 5.69 Å². The van der Waals surface area contributed by atoms with Crippen molar-refractivity contribution in [2.75, 3.05) is 0 Å². The molecule has 0 saturated carbocycles. The maximum absolute atomic E-state index is 12.6. The van der Waals surface area contributed by atoms with E-state index in [1.54, 1.807) is 0 Å². The Morgan fingerprint density at radius 3 is 2.35 bits per heavy atom. The third kappa shape index (κ3) is 3.53. The number of hydrogen-bond donors (Lipinski definition) is 1. The van der Waals surface area contributed by atoms with Gasteiger partial charge in [-0.3, -0.25) is 4.79 Å². The quantitative estimate of drug-likeness (QED) is 0.438. The molecule has 1 N–H and O–H groups in total. The van der Waals surface area contributed by atoms with E-state index in [0.717, 1.165) is 33.4 Å². The maximum Gasteiger partial charge on any atom is 0.240 e. The van der Waals surface area contributed by atoms with Gasteiger partial charge in [0, 0.05) is 29.6 Å². The predicted molar refractivity (Wildman–Crippen MR) is 121 cm³/mol. The molecule has 152 valence electrons. The predicted octanol–water partition coefficient (Wildman–Crippen LogP) is 5.63. The molecule has 0 aliphatic carbocycles. The Kier molecular flexibility index (Phi) is 4.88. The Bertz CT molecular complexity index is 1280. The number of aromatic amines is 1. The van der Waals surface area contributed by atoms with Crippen molar-refractivity contribution in [2.24, 2.45) is 15.3 Å². The molecule has 1 aliphatic rings. The number of hydrogen-bond acceptors (Lipinski definition) is 4. The number of nitrogens with zero attached hydrogens (tertiary/aromatic N) is 4. The normalized spacial score (nSPS) is 18.6. The van der Waals surface area contributed by atoms with E-state index >= 15 is 0 Å². The number of carbonyl (C=O) groups excluding carboxylic acids is 1. The van der Waals surface area contributed by atoms with Crippen LogP contribution in [0.3, 0.4) is 0 Å². The van der Waals surface area contributed by atoms with Crippen molar-refractivity contribution in [3.05, 3.63) is 102 Å². The summed E-state index contributed by atoms with van der Waals surface area (Å²) in [5.74, 6) is -0.136. The van der Waals surface area contributed by atoms with Gasteiger partial charge in [-0.05, 0) is 23.8 Å². The molecule has 0 radical (unpaired) electrons. The van der Waals surface area contributed by atoms with Crippen LogP contribution in [0.25, 0.3) is 10.9 Å². The number of carbonyl (C=O) groups is 1. The van der Waals surface area contributed by atoms with Gasteiger partial charge >= 0.3 is 0 Å². The molecule has 2 unspecified atom stereocenters. The molecular weight excluding hydrogens is 386 g/mol. The Morgan fingerprint density at radius 2 is 1.61 bits per heavy atom. The van der Waals surface area contributed by atoms with Gasteiger partial charge in [-0.1, -0.05) is 66.7 Å². The van der Waals surface area contributed by atoms with Crippen LogP contribution < -0.4 is 0 Å². The van der Waals surface area contributed by atoms with Gasteiger partial charge in [-0.15, -0.1) is 0 Å². The Balaban J connectivity index is 1.66. The zero-order valence-electron chi connectivity index (χ0n) is 17.0. The highest BCUT2D eigenvalue weighted by Crippen LogP contribution is 2.37. The number of H-pyrrole nitrogens is 1. The van der Waals surface area contributed by atoms with E-state index in [9.17, 15) is 4.79 Å². The van der Waals surface area contributed by atoms with Gasteiger partial charge < -0.3 is 4.98 Å². The summed E-state index contributed by atoms with van der Waals surface area (Å²) in [5.41, 5.74) is 4.39. The fourth-order valence-corrected chi connectivity index (χ4v) is 4.00. The molecule has 0 bridgehead atoms. The van der Waals surface area contributed by atoms with Crippen molar-refractivity contribution in [3.63, 3.8) is 0 Å². The van der Waals surface area contributed by atoms with Gasteiger partial charge in [0.05, 0.1) is 11.4 Å². The van der Waals surface area contributed by atoms with Crippen molar-refractivity contribution < 1.29 is 4.79 Å². The molecule has 0 spiro atoms. The number of rotatable bonds is 4. The van der Waals surface area contributed by atoms with E-state index in [1.807, 2.05) is 91.1 Å². The molecule has 0 fully saturated rings. The average molecular weight is 407 g/mol. The first-order valence-electron chi connectivity index (χ1n) is 10.2. The highest BCUT2D eigenvalue weighted by Gasteiger charge is 2.42. The van der Waals surface area contributed by atoms with Crippen LogP contribution in [0.2, 0.25) is 0 Å². The smallest absolute Gasteiger partial charge is 0.240 e. The lowest BCUT2D eigenvalue weighted by Gasteiger charge is -2.23. The number of nitrogens with one attached hydrogen (secondary N) is 1. The molecule has 2 heterocycles. The van der Waals surface area contributed by atoms with Crippen LogP contribution in [-0.2, 0) is 4.79 Å². The van der Waals surface area contributed by atoms with E-state index < -0.39 is 6.04 Å². The summed E-state index contributed by atoms with van der Waals surface area (Å²) < 4.78 is 0. The number of para-hydroxylation sites is 1. The maximum atomic E-state index is 12.6. The first-order chi connectivity index (χ1) is 15.2. The van der Waals surface area contributed by atoms with Crippen LogP contribution in [0.1, 0.15) is 24.1 Å². The fourth-order valence-electron chi connectivity index (χ4n) is 4.00. The Hall–Kier alpha value is -4.06. The second-order valence-corrected chi connectivity index (χ2v) is 7.45. The van der Waals surface area contributed by atoms with E-state index in [2.05, 4.69) is 10.1 Å². The molecule has 31 heavy (non-hydrogen) atoms. The molecule has 5 rings (SSSR count). The second kappa shape index (κ2) is 7.99. The lowest BCUT2D eigenvalue weighted by atomic mass is 9.93. The monoisotopic (exact) mass is 407 g/mol. The number of azo groups is 1. The summed E-state index contributed by atoms with van der Waals surface area (Å²) in [5, 5.41) is 16.5. The highest BCUT2D eigenvalue weighted by molar-refractivity contribution is 6.14. The van der Waals surface area contributed by atoms with Crippen molar-refractivity contribution in [3.8, 4) is 0 Å². The minimum absolute atomic E-state index is 0.136. The lowest BCUT2D eigenvalue weighted by molar-refractivity contribution is -0.130. The molecule has 6 nitrogen and oxygen atoms in total. The molecule has 1 aromatic heterocycles. The molecule has 1 amide bonds. The third-order valence-corrected chi connectivity index (χ3v) is 5.44. The molecular formula is C25H21N5O. The number of amides is 1. The van der Waals surface area contributed by atoms with Crippen LogP contribution in [0.15, 0.2) is 106 Å². The lowest BCUT2D eigenvalue weighted by Crippen LogP contribution is -2.31. The van der Waals surface area contributed by atoms with Crippen LogP contribution in [0, 0.1) is 0 Å². The van der Waals surface area contributed by atoms with Crippen molar-refractivity contribution >= 4 is 28.2 Å². The van der Waals surface area contributed by atoms with Crippen molar-refractivity contribution in [1.29, 1.82) is 0 Å². The van der Waals surface area contributed by atoms with Crippen LogP contribution in [-0.4, -0.2) is 27.7 Å². The molecule has 6 heteroatoms. The first kappa shape index (κ1) is 18.9. The van der Waals surface area contributed by atoms with Gasteiger partial charge in [-0.2, -0.15) is 15.3 Å². The standard InChI is InChI=1S/C25H21N5O/c1-17(31)30-25(18-10-4-2-5-11-18)24(28-27-19-12-6-3-7-13-19)23(29-30)21-16-26-22-15-9-8-14-20(21)22/h2-16,24-26H,1H3. The summed E-state index contributed by atoms with van der Waals surface area (Å²) >= 11 is 0. The first-order valence-corrected chi connectivity index (χ1v) is 10.2. The number of benzene rings is 3. The van der Waals surface area contributed by atoms with Gasteiger partial charge in [0.1, 0.15) is 12.1 Å². The Morgan fingerprint density at radius 1 is 0.935 bits per heavy atom. The van der Waals surface area contributed by atoms with E-state index in [1.165, 1.54) is 11.9 Å². The highest BCUT2D eigenvalue weighted by atomic mass is 16.2. The second-order valence-electron chi connectivity index (χ2n) is 7.45. The summed E-state index contributed by atoms with van der Waals surface area (Å²) in [4.78, 5) is 15.9. The van der Waals surface area contributed by atoms with Crippen LogP contribution >= 0.6 is 0 Å².